The van der Waals surface area contributed by atoms with E-state index in [4.69, 9.17) is 11.6 Å². The SMILES string of the molecule is Cn1ccnc1Cc1cccc(C(O)Cl)c1. The zero-order chi connectivity index (χ0) is 11.5. The van der Waals surface area contributed by atoms with E-state index in [1.54, 1.807) is 12.3 Å². The Morgan fingerprint density at radius 3 is 2.94 bits per heavy atom. The molecule has 2 rings (SSSR count). The summed E-state index contributed by atoms with van der Waals surface area (Å²) in [5.41, 5.74) is 0.862. The molecule has 84 valence electrons. The fourth-order valence-corrected chi connectivity index (χ4v) is 1.74. The monoisotopic (exact) mass is 236 g/mol. The van der Waals surface area contributed by atoms with Crippen LogP contribution in [0.2, 0.25) is 0 Å². The summed E-state index contributed by atoms with van der Waals surface area (Å²) < 4.78 is 1.98. The van der Waals surface area contributed by atoms with Gasteiger partial charge in [0.15, 0.2) is 5.56 Å². The highest BCUT2D eigenvalue weighted by Gasteiger charge is 2.05. The molecule has 1 N–H and O–H groups in total. The van der Waals surface area contributed by atoms with Crippen molar-refractivity contribution in [1.82, 2.24) is 9.55 Å². The van der Waals surface area contributed by atoms with Crippen molar-refractivity contribution in [1.29, 1.82) is 0 Å². The molecule has 1 aromatic heterocycles. The zero-order valence-electron chi connectivity index (χ0n) is 8.97. The number of alkyl halides is 1. The van der Waals surface area contributed by atoms with Gasteiger partial charge in [-0.2, -0.15) is 0 Å². The Hall–Kier alpha value is -1.32. The third kappa shape index (κ3) is 2.43. The first-order chi connectivity index (χ1) is 7.66. The van der Waals surface area contributed by atoms with Crippen LogP contribution in [0.3, 0.4) is 0 Å². The lowest BCUT2D eigenvalue weighted by atomic mass is 10.1. The summed E-state index contributed by atoms with van der Waals surface area (Å²) in [7, 11) is 1.96. The largest absolute Gasteiger partial charge is 0.373 e. The van der Waals surface area contributed by atoms with Crippen molar-refractivity contribution in [3.8, 4) is 0 Å². The first-order valence-electron chi connectivity index (χ1n) is 5.04. The van der Waals surface area contributed by atoms with Crippen LogP contribution in [-0.2, 0) is 13.5 Å². The molecule has 4 heteroatoms. The molecule has 0 saturated carbocycles. The molecule has 1 heterocycles. The minimum atomic E-state index is -0.943. The molecule has 1 aromatic carbocycles. The van der Waals surface area contributed by atoms with Crippen LogP contribution in [0.4, 0.5) is 0 Å². The first-order valence-corrected chi connectivity index (χ1v) is 5.47. The zero-order valence-corrected chi connectivity index (χ0v) is 9.72. The molecule has 1 unspecified atom stereocenters. The molecule has 0 aliphatic heterocycles. The number of rotatable bonds is 3. The molecule has 0 spiro atoms. The summed E-state index contributed by atoms with van der Waals surface area (Å²) in [4.78, 5) is 4.25. The van der Waals surface area contributed by atoms with Gasteiger partial charge in [0.1, 0.15) is 5.82 Å². The maximum atomic E-state index is 9.27. The van der Waals surface area contributed by atoms with Gasteiger partial charge in [0.2, 0.25) is 0 Å². The third-order valence-corrected chi connectivity index (χ3v) is 2.76. The smallest absolute Gasteiger partial charge is 0.153 e. The van der Waals surface area contributed by atoms with Crippen LogP contribution < -0.4 is 0 Å². The number of hydrogen-bond donors (Lipinski definition) is 1. The topological polar surface area (TPSA) is 38.0 Å². The quantitative estimate of drug-likeness (QED) is 0.830. The normalized spacial score (nSPS) is 12.7. The van der Waals surface area contributed by atoms with Gasteiger partial charge in [-0.3, -0.25) is 0 Å². The van der Waals surface area contributed by atoms with Crippen LogP contribution in [0.1, 0.15) is 22.5 Å². The van der Waals surface area contributed by atoms with Gasteiger partial charge in [-0.25, -0.2) is 4.98 Å². The molecule has 1 atom stereocenters. The summed E-state index contributed by atoms with van der Waals surface area (Å²) in [6, 6.07) is 7.59. The molecular weight excluding hydrogens is 224 g/mol. The maximum absolute atomic E-state index is 9.27. The van der Waals surface area contributed by atoms with Crippen LogP contribution in [0.15, 0.2) is 36.7 Å². The van der Waals surface area contributed by atoms with Crippen LogP contribution in [0.5, 0.6) is 0 Å². The summed E-state index contributed by atoms with van der Waals surface area (Å²) in [5, 5.41) is 9.27. The second-order valence-electron chi connectivity index (χ2n) is 3.71. The van der Waals surface area contributed by atoms with E-state index in [0.717, 1.165) is 17.8 Å². The van der Waals surface area contributed by atoms with E-state index in [9.17, 15) is 5.11 Å². The van der Waals surface area contributed by atoms with Crippen molar-refractivity contribution in [2.75, 3.05) is 0 Å². The number of imidazole rings is 1. The fraction of sp³-hybridized carbons (Fsp3) is 0.250. The molecule has 0 amide bonds. The second kappa shape index (κ2) is 4.68. The van der Waals surface area contributed by atoms with E-state index in [2.05, 4.69) is 4.98 Å². The van der Waals surface area contributed by atoms with E-state index < -0.39 is 5.56 Å². The lowest BCUT2D eigenvalue weighted by molar-refractivity contribution is 0.263. The number of benzene rings is 1. The number of hydrogen-bond acceptors (Lipinski definition) is 2. The molecule has 0 saturated heterocycles. The number of aryl methyl sites for hydroxylation is 1. The molecular formula is C12H13ClN2O. The predicted octanol–water partition coefficient (Wildman–Crippen LogP) is 2.24. The molecule has 3 nitrogen and oxygen atoms in total. The van der Waals surface area contributed by atoms with Gasteiger partial charge in [-0.05, 0) is 11.1 Å². The molecule has 0 fully saturated rings. The third-order valence-electron chi connectivity index (χ3n) is 2.51. The van der Waals surface area contributed by atoms with Crippen LogP contribution in [-0.4, -0.2) is 14.7 Å². The molecule has 0 bridgehead atoms. The molecule has 16 heavy (non-hydrogen) atoms. The first kappa shape index (κ1) is 11.2. The molecule has 0 aliphatic rings. The highest BCUT2D eigenvalue weighted by Crippen LogP contribution is 2.19. The second-order valence-corrected chi connectivity index (χ2v) is 4.13. The van der Waals surface area contributed by atoms with Gasteiger partial charge in [0, 0.05) is 25.9 Å². The predicted molar refractivity (Wildman–Crippen MR) is 63.3 cm³/mol. The van der Waals surface area contributed by atoms with Gasteiger partial charge in [0.05, 0.1) is 0 Å². The summed E-state index contributed by atoms with van der Waals surface area (Å²) >= 11 is 5.62. The lowest BCUT2D eigenvalue weighted by Gasteiger charge is -2.06. The Morgan fingerprint density at radius 2 is 2.31 bits per heavy atom. The number of nitrogens with zero attached hydrogens (tertiary/aromatic N) is 2. The summed E-state index contributed by atoms with van der Waals surface area (Å²) in [5.74, 6) is 0.987. The van der Waals surface area contributed by atoms with E-state index >= 15 is 0 Å². The Kier molecular flexibility index (Phi) is 3.27. The Morgan fingerprint density at radius 1 is 1.50 bits per heavy atom. The van der Waals surface area contributed by atoms with E-state index in [0.29, 0.717) is 5.56 Å². The summed E-state index contributed by atoms with van der Waals surface area (Å²) in [6.07, 6.45) is 4.42. The van der Waals surface area contributed by atoms with Crippen molar-refractivity contribution >= 4 is 11.6 Å². The van der Waals surface area contributed by atoms with Crippen molar-refractivity contribution in [2.24, 2.45) is 7.05 Å². The molecule has 0 aliphatic carbocycles. The Labute approximate surface area is 99.3 Å². The van der Waals surface area contributed by atoms with Gasteiger partial charge in [0.25, 0.3) is 0 Å². The minimum Gasteiger partial charge on any atom is -0.373 e. The average Bonchev–Trinajstić information content (AvgIpc) is 2.65. The van der Waals surface area contributed by atoms with Crippen molar-refractivity contribution in [3.63, 3.8) is 0 Å². The highest BCUT2D eigenvalue weighted by molar-refractivity contribution is 6.19. The van der Waals surface area contributed by atoms with E-state index in [-0.39, 0.29) is 0 Å². The minimum absolute atomic E-state index is 0.716. The molecule has 2 aromatic rings. The van der Waals surface area contributed by atoms with Crippen molar-refractivity contribution < 1.29 is 5.11 Å². The van der Waals surface area contributed by atoms with Gasteiger partial charge in [-0.15, -0.1) is 0 Å². The Bertz CT molecular complexity index is 479. The van der Waals surface area contributed by atoms with Gasteiger partial charge in [-0.1, -0.05) is 35.9 Å². The standard InChI is InChI=1S/C12H13ClN2O/c1-15-6-5-14-11(15)8-9-3-2-4-10(7-9)12(13)16/h2-7,12,16H,8H2,1H3. The number of aliphatic hydroxyl groups is 1. The van der Waals surface area contributed by atoms with Crippen LogP contribution in [0.25, 0.3) is 0 Å². The van der Waals surface area contributed by atoms with E-state index in [1.165, 1.54) is 0 Å². The average molecular weight is 237 g/mol. The summed E-state index contributed by atoms with van der Waals surface area (Å²) in [6.45, 7) is 0. The number of aliphatic hydroxyl groups excluding tert-OH is 1. The Balaban J connectivity index is 2.22. The van der Waals surface area contributed by atoms with Crippen LogP contribution in [0, 0.1) is 0 Å². The van der Waals surface area contributed by atoms with Gasteiger partial charge >= 0.3 is 0 Å². The maximum Gasteiger partial charge on any atom is 0.153 e. The van der Waals surface area contributed by atoms with E-state index in [1.807, 2.05) is 36.0 Å². The van der Waals surface area contributed by atoms with Gasteiger partial charge < -0.3 is 9.67 Å². The van der Waals surface area contributed by atoms with Crippen molar-refractivity contribution in [3.05, 3.63) is 53.6 Å². The molecule has 0 radical (unpaired) electrons. The fourth-order valence-electron chi connectivity index (χ4n) is 1.60. The van der Waals surface area contributed by atoms with Crippen LogP contribution >= 0.6 is 11.6 Å². The number of aromatic nitrogens is 2. The number of halogens is 1. The van der Waals surface area contributed by atoms with Crippen molar-refractivity contribution in [2.45, 2.75) is 12.0 Å². The lowest BCUT2D eigenvalue weighted by Crippen LogP contribution is -1.99. The highest BCUT2D eigenvalue weighted by atomic mass is 35.5.